The zero-order valence-corrected chi connectivity index (χ0v) is 10.4. The highest BCUT2D eigenvalue weighted by molar-refractivity contribution is 7.89. The van der Waals surface area contributed by atoms with Crippen molar-refractivity contribution in [3.8, 4) is 18.4 Å². The first-order valence-corrected chi connectivity index (χ1v) is 6.44. The highest BCUT2D eigenvalue weighted by Gasteiger charge is 2.26. The third kappa shape index (κ3) is 3.52. The lowest BCUT2D eigenvalue weighted by atomic mass is 10.2. The summed E-state index contributed by atoms with van der Waals surface area (Å²) in [5.74, 6) is 0.664. The number of carboxylic acid groups (broad SMARTS) is 1. The number of rotatable bonds is 5. The smallest absolute Gasteiger partial charge is 0.322 e. The summed E-state index contributed by atoms with van der Waals surface area (Å²) in [6.07, 6.45) is 5.92. The van der Waals surface area contributed by atoms with Gasteiger partial charge in [0.1, 0.15) is 17.0 Å². The summed E-state index contributed by atoms with van der Waals surface area (Å²) in [4.78, 5) is 14.1. The van der Waals surface area contributed by atoms with Gasteiger partial charge < -0.3 is 5.11 Å². The largest absolute Gasteiger partial charge is 0.480 e. The van der Waals surface area contributed by atoms with Gasteiger partial charge in [-0.1, -0.05) is 0 Å². The maximum Gasteiger partial charge on any atom is 0.322 e. The van der Waals surface area contributed by atoms with Crippen LogP contribution in [0.1, 0.15) is 12.1 Å². The van der Waals surface area contributed by atoms with Crippen LogP contribution in [0.3, 0.4) is 0 Å². The van der Waals surface area contributed by atoms with Gasteiger partial charge in [0, 0.05) is 12.6 Å². The van der Waals surface area contributed by atoms with E-state index in [1.54, 1.807) is 6.07 Å². The van der Waals surface area contributed by atoms with Gasteiger partial charge >= 0.3 is 5.97 Å². The SMILES string of the molecule is C#CCC(NS(=O)(=O)c1cccnc1C#N)C(=O)O. The summed E-state index contributed by atoms with van der Waals surface area (Å²) in [5, 5.41) is 17.6. The molecule has 0 spiro atoms. The molecule has 0 aliphatic rings. The molecule has 7 nitrogen and oxygen atoms in total. The lowest BCUT2D eigenvalue weighted by molar-refractivity contribution is -0.138. The normalized spacial score (nSPS) is 12.1. The molecule has 98 valence electrons. The molecule has 8 heteroatoms. The van der Waals surface area contributed by atoms with E-state index in [1.165, 1.54) is 12.3 Å². The number of hydrogen-bond donors (Lipinski definition) is 2. The summed E-state index contributed by atoms with van der Waals surface area (Å²) < 4.78 is 25.9. The summed E-state index contributed by atoms with van der Waals surface area (Å²) in [7, 11) is -4.18. The Hall–Kier alpha value is -2.42. The maximum absolute atomic E-state index is 12.0. The molecule has 0 amide bonds. The third-order valence-electron chi connectivity index (χ3n) is 2.08. The van der Waals surface area contributed by atoms with Gasteiger partial charge in [-0.15, -0.1) is 12.3 Å². The van der Waals surface area contributed by atoms with Crippen molar-refractivity contribution in [3.05, 3.63) is 24.0 Å². The van der Waals surface area contributed by atoms with Gasteiger partial charge in [0.15, 0.2) is 5.69 Å². The van der Waals surface area contributed by atoms with E-state index in [0.29, 0.717) is 0 Å². The lowest BCUT2D eigenvalue weighted by Crippen LogP contribution is -2.40. The quantitative estimate of drug-likeness (QED) is 0.714. The van der Waals surface area contributed by atoms with E-state index in [9.17, 15) is 13.2 Å². The van der Waals surface area contributed by atoms with E-state index in [0.717, 1.165) is 6.07 Å². The molecule has 19 heavy (non-hydrogen) atoms. The van der Waals surface area contributed by atoms with E-state index in [1.807, 2.05) is 4.72 Å². The maximum atomic E-state index is 12.0. The van der Waals surface area contributed by atoms with Gasteiger partial charge in [-0.2, -0.15) is 9.98 Å². The Morgan fingerprint density at radius 1 is 1.63 bits per heavy atom. The van der Waals surface area contributed by atoms with Crippen LogP contribution in [0.25, 0.3) is 0 Å². The molecule has 2 N–H and O–H groups in total. The Morgan fingerprint density at radius 2 is 2.32 bits per heavy atom. The van der Waals surface area contributed by atoms with Gasteiger partial charge in [-0.05, 0) is 12.1 Å². The molecule has 0 radical (unpaired) electrons. The van der Waals surface area contributed by atoms with Crippen LogP contribution in [0.2, 0.25) is 0 Å². The first-order valence-electron chi connectivity index (χ1n) is 4.96. The molecule has 1 heterocycles. The number of terminal acetylenes is 1. The zero-order valence-electron chi connectivity index (χ0n) is 9.57. The molecule has 0 saturated heterocycles. The van der Waals surface area contributed by atoms with Crippen LogP contribution in [0, 0.1) is 23.7 Å². The van der Waals surface area contributed by atoms with Crippen molar-refractivity contribution < 1.29 is 18.3 Å². The van der Waals surface area contributed by atoms with E-state index in [-0.39, 0.29) is 17.0 Å². The molecule has 0 bridgehead atoms. The second-order valence-corrected chi connectivity index (χ2v) is 5.06. The van der Waals surface area contributed by atoms with Crippen molar-refractivity contribution in [1.29, 1.82) is 5.26 Å². The Bertz CT molecular complexity index is 670. The summed E-state index contributed by atoms with van der Waals surface area (Å²) in [6.45, 7) is 0. The number of carbonyl (C=O) groups is 1. The molecule has 0 fully saturated rings. The highest BCUT2D eigenvalue weighted by Crippen LogP contribution is 2.12. The first-order chi connectivity index (χ1) is 8.92. The molecule has 0 aliphatic carbocycles. The predicted octanol–water partition coefficient (Wildman–Crippen LogP) is -0.292. The molecular formula is C11H9N3O4S. The molecule has 0 aliphatic heterocycles. The van der Waals surface area contributed by atoms with E-state index in [4.69, 9.17) is 16.8 Å². The average Bonchev–Trinajstić information content (AvgIpc) is 2.38. The summed E-state index contributed by atoms with van der Waals surface area (Å²) >= 11 is 0. The number of sulfonamides is 1. The Morgan fingerprint density at radius 3 is 2.84 bits per heavy atom. The van der Waals surface area contributed by atoms with Crippen LogP contribution in [0.4, 0.5) is 0 Å². The number of nitrogens with one attached hydrogen (secondary N) is 1. The van der Waals surface area contributed by atoms with Gasteiger partial charge in [0.2, 0.25) is 10.0 Å². The minimum absolute atomic E-state index is 0.309. The fraction of sp³-hybridized carbons (Fsp3) is 0.182. The molecule has 1 aromatic rings. The van der Waals surface area contributed by atoms with Gasteiger partial charge in [-0.25, -0.2) is 13.4 Å². The topological polar surface area (TPSA) is 120 Å². The minimum Gasteiger partial charge on any atom is -0.480 e. The number of aliphatic carboxylic acids is 1. The first kappa shape index (κ1) is 14.6. The Balaban J connectivity index is 3.15. The molecule has 1 rings (SSSR count). The number of nitrogens with zero attached hydrogens (tertiary/aromatic N) is 2. The van der Waals surface area contributed by atoms with Gasteiger partial charge in [0.05, 0.1) is 0 Å². The molecule has 1 aromatic heterocycles. The molecular weight excluding hydrogens is 270 g/mol. The Kier molecular flexibility index (Phi) is 4.59. The van der Waals surface area contributed by atoms with Crippen LogP contribution in [0.5, 0.6) is 0 Å². The standard InChI is InChI=1S/C11H9N3O4S/c1-2-4-8(11(15)16)14-19(17,18)10-5-3-6-13-9(10)7-12/h1,3,5-6,8,14H,4H2,(H,15,16). The lowest BCUT2D eigenvalue weighted by Gasteiger charge is -2.12. The second kappa shape index (κ2) is 5.96. The monoisotopic (exact) mass is 279 g/mol. The minimum atomic E-state index is -4.18. The summed E-state index contributed by atoms with van der Waals surface area (Å²) in [6, 6.07) is 2.64. The fourth-order valence-electron chi connectivity index (χ4n) is 1.24. The van der Waals surface area contributed by atoms with E-state index < -0.39 is 22.0 Å². The van der Waals surface area contributed by atoms with Crippen LogP contribution in [-0.2, 0) is 14.8 Å². The van der Waals surface area contributed by atoms with Crippen molar-refractivity contribution in [3.63, 3.8) is 0 Å². The van der Waals surface area contributed by atoms with Crippen molar-refractivity contribution in [2.45, 2.75) is 17.4 Å². The average molecular weight is 279 g/mol. The van der Waals surface area contributed by atoms with E-state index >= 15 is 0 Å². The van der Waals surface area contributed by atoms with Crippen molar-refractivity contribution in [1.82, 2.24) is 9.71 Å². The number of pyridine rings is 1. The Labute approximate surface area is 109 Å². The molecule has 1 unspecified atom stereocenters. The number of aromatic nitrogens is 1. The number of carboxylic acids is 1. The second-order valence-electron chi connectivity index (χ2n) is 3.38. The summed E-state index contributed by atoms with van der Waals surface area (Å²) in [5.41, 5.74) is -0.320. The number of hydrogen-bond acceptors (Lipinski definition) is 5. The molecule has 0 aromatic carbocycles. The molecule has 0 saturated carbocycles. The number of nitriles is 1. The van der Waals surface area contributed by atoms with Gasteiger partial charge in [0.25, 0.3) is 0 Å². The highest BCUT2D eigenvalue weighted by atomic mass is 32.2. The van der Waals surface area contributed by atoms with Crippen molar-refractivity contribution in [2.75, 3.05) is 0 Å². The zero-order chi connectivity index (χ0) is 14.5. The van der Waals surface area contributed by atoms with Crippen LogP contribution in [0.15, 0.2) is 23.2 Å². The van der Waals surface area contributed by atoms with Crippen molar-refractivity contribution in [2.24, 2.45) is 0 Å². The molecule has 1 atom stereocenters. The predicted molar refractivity (Wildman–Crippen MR) is 64.1 cm³/mol. The third-order valence-corrected chi connectivity index (χ3v) is 3.59. The van der Waals surface area contributed by atoms with Gasteiger partial charge in [-0.3, -0.25) is 4.79 Å². The van der Waals surface area contributed by atoms with Crippen LogP contribution in [-0.4, -0.2) is 30.5 Å². The van der Waals surface area contributed by atoms with Crippen LogP contribution < -0.4 is 4.72 Å². The van der Waals surface area contributed by atoms with E-state index in [2.05, 4.69) is 10.9 Å². The van der Waals surface area contributed by atoms with Crippen molar-refractivity contribution >= 4 is 16.0 Å². The van der Waals surface area contributed by atoms with Crippen LogP contribution >= 0.6 is 0 Å². The fourth-order valence-corrected chi connectivity index (χ4v) is 2.54.